The molecule has 2 atom stereocenters. The molecule has 0 bridgehead atoms. The second-order valence-corrected chi connectivity index (χ2v) is 5.68. The van der Waals surface area contributed by atoms with Gasteiger partial charge < -0.3 is 5.32 Å². The number of hydrogen-bond donors (Lipinski definition) is 1. The van der Waals surface area contributed by atoms with Gasteiger partial charge in [-0.25, -0.2) is 0 Å². The molecule has 90 valence electrons. The van der Waals surface area contributed by atoms with Crippen molar-refractivity contribution in [3.8, 4) is 0 Å². The maximum Gasteiger partial charge on any atom is 0.261 e. The summed E-state index contributed by atoms with van der Waals surface area (Å²) in [6.45, 7) is 5.98. The van der Waals surface area contributed by atoms with E-state index in [1.165, 1.54) is 11.3 Å². The molecule has 0 saturated heterocycles. The lowest BCUT2D eigenvalue weighted by atomic mass is 10.1. The van der Waals surface area contributed by atoms with Crippen LogP contribution >= 0.6 is 22.9 Å². The number of nitrogens with one attached hydrogen (secondary N) is 1. The fourth-order valence-corrected chi connectivity index (χ4v) is 2.81. The predicted molar refractivity (Wildman–Crippen MR) is 70.6 cm³/mol. The Morgan fingerprint density at radius 1 is 1.56 bits per heavy atom. The molecular weight excluding hydrogens is 242 g/mol. The highest BCUT2D eigenvalue weighted by molar-refractivity contribution is 7.12. The first-order chi connectivity index (χ1) is 7.54. The number of hydrogen-bond acceptors (Lipinski definition) is 2. The van der Waals surface area contributed by atoms with E-state index in [4.69, 9.17) is 11.6 Å². The standard InChI is InChI=1S/C12H18ClNOS/c1-4-10-5-6-16-11(10)12(15)14-9(3)7-8(2)13/h5-6,8-9H,4,7H2,1-3H3,(H,14,15). The zero-order valence-electron chi connectivity index (χ0n) is 9.92. The van der Waals surface area contributed by atoms with E-state index in [1.54, 1.807) is 0 Å². The summed E-state index contributed by atoms with van der Waals surface area (Å²) in [5.41, 5.74) is 1.12. The normalized spacial score (nSPS) is 14.5. The lowest BCUT2D eigenvalue weighted by Crippen LogP contribution is -2.33. The molecule has 2 unspecified atom stereocenters. The van der Waals surface area contributed by atoms with Crippen LogP contribution in [0.2, 0.25) is 0 Å². The summed E-state index contributed by atoms with van der Waals surface area (Å²) in [5.74, 6) is 0.0247. The molecule has 1 N–H and O–H groups in total. The van der Waals surface area contributed by atoms with Crippen molar-refractivity contribution in [3.63, 3.8) is 0 Å². The lowest BCUT2D eigenvalue weighted by Gasteiger charge is -2.14. The summed E-state index contributed by atoms with van der Waals surface area (Å²) in [4.78, 5) is 12.8. The fourth-order valence-electron chi connectivity index (χ4n) is 1.65. The molecule has 0 saturated carbocycles. The smallest absolute Gasteiger partial charge is 0.261 e. The first-order valence-corrected chi connectivity index (χ1v) is 6.87. The van der Waals surface area contributed by atoms with Crippen molar-refractivity contribution >= 4 is 28.8 Å². The molecule has 0 aliphatic carbocycles. The second kappa shape index (κ2) is 6.26. The number of carbonyl (C=O) groups is 1. The van der Waals surface area contributed by atoms with Crippen molar-refractivity contribution in [2.75, 3.05) is 0 Å². The number of rotatable bonds is 5. The van der Waals surface area contributed by atoms with Crippen LogP contribution in [0, 0.1) is 0 Å². The summed E-state index contributed by atoms with van der Waals surface area (Å²) in [5, 5.41) is 5.02. The zero-order chi connectivity index (χ0) is 12.1. The van der Waals surface area contributed by atoms with Crippen LogP contribution in [0.5, 0.6) is 0 Å². The average Bonchev–Trinajstić information content (AvgIpc) is 2.63. The molecule has 0 radical (unpaired) electrons. The van der Waals surface area contributed by atoms with Gasteiger partial charge in [-0.1, -0.05) is 6.92 Å². The van der Waals surface area contributed by atoms with Crippen molar-refractivity contribution in [2.24, 2.45) is 0 Å². The molecule has 1 amide bonds. The molecule has 0 aliphatic rings. The van der Waals surface area contributed by atoms with Crippen LogP contribution in [0.3, 0.4) is 0 Å². The molecule has 16 heavy (non-hydrogen) atoms. The zero-order valence-corrected chi connectivity index (χ0v) is 11.5. The third kappa shape index (κ3) is 3.80. The minimum atomic E-state index is 0.0247. The van der Waals surface area contributed by atoms with Crippen LogP contribution in [0.1, 0.15) is 42.4 Å². The molecule has 4 heteroatoms. The van der Waals surface area contributed by atoms with Crippen molar-refractivity contribution < 1.29 is 4.79 Å². The maximum absolute atomic E-state index is 11.9. The van der Waals surface area contributed by atoms with Crippen LogP contribution in [-0.4, -0.2) is 17.3 Å². The number of halogens is 1. The molecule has 1 heterocycles. The van der Waals surface area contributed by atoms with Gasteiger partial charge in [0.15, 0.2) is 0 Å². The summed E-state index contributed by atoms with van der Waals surface area (Å²) < 4.78 is 0. The minimum Gasteiger partial charge on any atom is -0.349 e. The summed E-state index contributed by atoms with van der Waals surface area (Å²) in [6, 6.07) is 2.13. The molecule has 0 aromatic carbocycles. The highest BCUT2D eigenvalue weighted by Crippen LogP contribution is 2.17. The number of alkyl halides is 1. The van der Waals surface area contributed by atoms with Gasteiger partial charge in [-0.15, -0.1) is 22.9 Å². The quantitative estimate of drug-likeness (QED) is 0.807. The Hall–Kier alpha value is -0.540. The first kappa shape index (κ1) is 13.5. The number of thiophene rings is 1. The van der Waals surface area contributed by atoms with Gasteiger partial charge in [-0.3, -0.25) is 4.79 Å². The molecule has 1 aromatic heterocycles. The summed E-state index contributed by atoms with van der Waals surface area (Å²) >= 11 is 7.39. The molecule has 0 spiro atoms. The lowest BCUT2D eigenvalue weighted by molar-refractivity contribution is 0.0942. The van der Waals surface area contributed by atoms with E-state index in [-0.39, 0.29) is 17.3 Å². The van der Waals surface area contributed by atoms with Gasteiger partial charge >= 0.3 is 0 Å². The van der Waals surface area contributed by atoms with Crippen LogP contribution in [0.15, 0.2) is 11.4 Å². The Bertz CT molecular complexity index is 349. The van der Waals surface area contributed by atoms with Gasteiger partial charge in [0.1, 0.15) is 0 Å². The SMILES string of the molecule is CCc1ccsc1C(=O)NC(C)CC(C)Cl. The molecular formula is C12H18ClNOS. The highest BCUT2D eigenvalue weighted by Gasteiger charge is 2.15. The van der Waals surface area contributed by atoms with Gasteiger partial charge in [0.2, 0.25) is 0 Å². The fraction of sp³-hybridized carbons (Fsp3) is 0.583. The maximum atomic E-state index is 11.9. The molecule has 0 aliphatic heterocycles. The molecule has 1 aromatic rings. The van der Waals surface area contributed by atoms with Crippen molar-refractivity contribution in [1.29, 1.82) is 0 Å². The number of aryl methyl sites for hydroxylation is 1. The number of amides is 1. The van der Waals surface area contributed by atoms with Gasteiger partial charge in [0.05, 0.1) is 4.88 Å². The van der Waals surface area contributed by atoms with Crippen LogP contribution < -0.4 is 5.32 Å². The number of carbonyl (C=O) groups excluding carboxylic acids is 1. The highest BCUT2D eigenvalue weighted by atomic mass is 35.5. The van der Waals surface area contributed by atoms with Gasteiger partial charge in [0.25, 0.3) is 5.91 Å². The van der Waals surface area contributed by atoms with Crippen molar-refractivity contribution in [3.05, 3.63) is 21.9 Å². The van der Waals surface area contributed by atoms with E-state index in [2.05, 4.69) is 12.2 Å². The van der Waals surface area contributed by atoms with Gasteiger partial charge in [0, 0.05) is 11.4 Å². The summed E-state index contributed by atoms with van der Waals surface area (Å²) in [6.07, 6.45) is 1.69. The van der Waals surface area contributed by atoms with Gasteiger partial charge in [-0.2, -0.15) is 0 Å². The van der Waals surface area contributed by atoms with E-state index in [0.717, 1.165) is 23.3 Å². The van der Waals surface area contributed by atoms with Crippen LogP contribution in [0.4, 0.5) is 0 Å². The van der Waals surface area contributed by atoms with E-state index in [0.29, 0.717) is 0 Å². The monoisotopic (exact) mass is 259 g/mol. The van der Waals surface area contributed by atoms with E-state index in [1.807, 2.05) is 25.3 Å². The van der Waals surface area contributed by atoms with Crippen molar-refractivity contribution in [1.82, 2.24) is 5.32 Å². The van der Waals surface area contributed by atoms with Crippen molar-refractivity contribution in [2.45, 2.75) is 45.0 Å². The molecule has 2 nitrogen and oxygen atoms in total. The van der Waals surface area contributed by atoms with Crippen LogP contribution in [-0.2, 0) is 6.42 Å². The third-order valence-corrected chi connectivity index (χ3v) is 3.52. The van der Waals surface area contributed by atoms with Crippen LogP contribution in [0.25, 0.3) is 0 Å². The molecule has 1 rings (SSSR count). The molecule has 0 fully saturated rings. The summed E-state index contributed by atoms with van der Waals surface area (Å²) in [7, 11) is 0. The van der Waals surface area contributed by atoms with Gasteiger partial charge in [-0.05, 0) is 43.7 Å². The average molecular weight is 260 g/mol. The Kier molecular flexibility index (Phi) is 5.29. The Morgan fingerprint density at radius 3 is 2.81 bits per heavy atom. The Balaban J connectivity index is 2.58. The minimum absolute atomic E-state index is 0.0247. The second-order valence-electron chi connectivity index (χ2n) is 4.02. The van der Waals surface area contributed by atoms with E-state index < -0.39 is 0 Å². The van der Waals surface area contributed by atoms with E-state index in [9.17, 15) is 4.79 Å². The topological polar surface area (TPSA) is 29.1 Å². The Morgan fingerprint density at radius 2 is 2.25 bits per heavy atom. The largest absolute Gasteiger partial charge is 0.349 e. The first-order valence-electron chi connectivity index (χ1n) is 5.55. The van der Waals surface area contributed by atoms with E-state index >= 15 is 0 Å². The predicted octanol–water partition coefficient (Wildman–Crippen LogP) is 3.45. The Labute approximate surface area is 106 Å². The third-order valence-electron chi connectivity index (χ3n) is 2.39.